The molecule has 1 amide bonds. The summed E-state index contributed by atoms with van der Waals surface area (Å²) in [6.07, 6.45) is 1.45. The minimum absolute atomic E-state index is 0.0738. The fraction of sp³-hybridized carbons (Fsp3) is 0.231. The largest absolute Gasteiger partial charge is 0.321 e. The number of halogens is 5. The predicted octanol–water partition coefficient (Wildman–Crippen LogP) is 3.54. The molecule has 118 valence electrons. The molecule has 1 heterocycles. The number of amides is 1. The van der Waals surface area contributed by atoms with Crippen LogP contribution < -0.4 is 5.32 Å². The molecule has 1 aromatic heterocycles. The first kappa shape index (κ1) is 16.5. The van der Waals surface area contributed by atoms with E-state index in [1.165, 1.54) is 4.68 Å². The number of nitrogens with zero attached hydrogens (tertiary/aromatic N) is 2. The van der Waals surface area contributed by atoms with E-state index in [1.54, 1.807) is 13.1 Å². The van der Waals surface area contributed by atoms with Crippen molar-refractivity contribution in [2.75, 3.05) is 5.32 Å². The van der Waals surface area contributed by atoms with Crippen molar-refractivity contribution in [3.63, 3.8) is 0 Å². The molecule has 9 heteroatoms. The number of aryl methyl sites for hydroxylation is 2. The number of aromatic nitrogens is 2. The van der Waals surface area contributed by atoms with Crippen molar-refractivity contribution in [1.29, 1.82) is 0 Å². The summed E-state index contributed by atoms with van der Waals surface area (Å²) in [7, 11) is 0. The molecular weight excluding hydrogens is 370 g/mol. The van der Waals surface area contributed by atoms with Gasteiger partial charge < -0.3 is 5.32 Å². The lowest BCUT2D eigenvalue weighted by Crippen LogP contribution is -2.17. The van der Waals surface area contributed by atoms with Crippen LogP contribution in [-0.4, -0.2) is 15.7 Å². The number of hydrogen-bond donors (Lipinski definition) is 1. The Hall–Kier alpha value is -1.90. The Labute approximate surface area is 131 Å². The molecule has 0 saturated carbocycles. The highest BCUT2D eigenvalue weighted by atomic mass is 79.9. The van der Waals surface area contributed by atoms with Crippen LogP contribution in [0.4, 0.5) is 23.2 Å². The number of benzene rings is 1. The minimum Gasteiger partial charge on any atom is -0.321 e. The van der Waals surface area contributed by atoms with E-state index in [0.717, 1.165) is 4.47 Å². The van der Waals surface area contributed by atoms with E-state index in [-0.39, 0.29) is 19.0 Å². The van der Waals surface area contributed by atoms with Crippen LogP contribution in [0.25, 0.3) is 0 Å². The Kier molecular flexibility index (Phi) is 4.84. The third kappa shape index (κ3) is 3.46. The van der Waals surface area contributed by atoms with Crippen molar-refractivity contribution < 1.29 is 22.4 Å². The lowest BCUT2D eigenvalue weighted by atomic mass is 10.2. The van der Waals surface area contributed by atoms with Crippen molar-refractivity contribution in [3.8, 4) is 0 Å². The van der Waals surface area contributed by atoms with Gasteiger partial charge in [0.05, 0.1) is 10.2 Å². The van der Waals surface area contributed by atoms with E-state index in [1.807, 2.05) is 5.32 Å². The average molecular weight is 380 g/mol. The highest BCUT2D eigenvalue weighted by molar-refractivity contribution is 9.10. The summed E-state index contributed by atoms with van der Waals surface area (Å²) in [6.45, 7) is 1.89. The Bertz CT molecular complexity index is 687. The van der Waals surface area contributed by atoms with Gasteiger partial charge in [-0.15, -0.1) is 0 Å². The second-order valence-corrected chi connectivity index (χ2v) is 5.32. The summed E-state index contributed by atoms with van der Waals surface area (Å²) in [5.74, 6) is -7.26. The first-order valence-corrected chi connectivity index (χ1v) is 6.91. The van der Waals surface area contributed by atoms with Gasteiger partial charge in [-0.2, -0.15) is 5.10 Å². The molecule has 0 unspecified atom stereocenters. The molecule has 0 aliphatic heterocycles. The van der Waals surface area contributed by atoms with E-state index in [9.17, 15) is 22.4 Å². The fourth-order valence-corrected chi connectivity index (χ4v) is 2.02. The topological polar surface area (TPSA) is 46.9 Å². The van der Waals surface area contributed by atoms with Gasteiger partial charge in [-0.05, 0) is 22.9 Å². The molecule has 0 aliphatic carbocycles. The van der Waals surface area contributed by atoms with Crippen LogP contribution in [-0.2, 0) is 11.3 Å². The summed E-state index contributed by atoms with van der Waals surface area (Å²) >= 11 is 3.25. The average Bonchev–Trinajstić information content (AvgIpc) is 2.78. The maximum absolute atomic E-state index is 13.4. The molecule has 0 bridgehead atoms. The number of anilines is 1. The van der Waals surface area contributed by atoms with Crippen molar-refractivity contribution in [1.82, 2.24) is 9.78 Å². The molecule has 2 rings (SSSR count). The van der Waals surface area contributed by atoms with Gasteiger partial charge in [0.25, 0.3) is 0 Å². The molecule has 0 spiro atoms. The van der Waals surface area contributed by atoms with Crippen LogP contribution in [0.3, 0.4) is 0 Å². The van der Waals surface area contributed by atoms with Gasteiger partial charge in [0, 0.05) is 25.2 Å². The summed E-state index contributed by atoms with van der Waals surface area (Å²) in [6, 6.07) is 0.0738. The highest BCUT2D eigenvalue weighted by Crippen LogP contribution is 2.24. The van der Waals surface area contributed by atoms with Gasteiger partial charge >= 0.3 is 0 Å². The zero-order chi connectivity index (χ0) is 16.4. The van der Waals surface area contributed by atoms with Gasteiger partial charge in [0.2, 0.25) is 5.91 Å². The van der Waals surface area contributed by atoms with Crippen LogP contribution in [0.5, 0.6) is 0 Å². The molecule has 4 nitrogen and oxygen atoms in total. The SMILES string of the molecule is Cc1nn(CCC(=O)Nc2c(F)c(F)cc(F)c2F)cc1Br. The highest BCUT2D eigenvalue weighted by Gasteiger charge is 2.20. The third-order valence-electron chi connectivity index (χ3n) is 2.83. The van der Waals surface area contributed by atoms with Crippen molar-refractivity contribution in [2.45, 2.75) is 19.9 Å². The Morgan fingerprint density at radius 1 is 1.27 bits per heavy atom. The third-order valence-corrected chi connectivity index (χ3v) is 3.61. The summed E-state index contributed by atoms with van der Waals surface area (Å²) < 4.78 is 55.0. The molecule has 0 aliphatic rings. The van der Waals surface area contributed by atoms with Crippen LogP contribution in [0.1, 0.15) is 12.1 Å². The monoisotopic (exact) mass is 379 g/mol. The number of hydrogen-bond acceptors (Lipinski definition) is 2. The molecule has 0 radical (unpaired) electrons. The lowest BCUT2D eigenvalue weighted by molar-refractivity contribution is -0.116. The van der Waals surface area contributed by atoms with Crippen molar-refractivity contribution in [2.24, 2.45) is 0 Å². The molecule has 0 atom stereocenters. The molecule has 1 N–H and O–H groups in total. The summed E-state index contributed by atoms with van der Waals surface area (Å²) in [5, 5.41) is 5.90. The van der Waals surface area contributed by atoms with Crippen LogP contribution in [0.2, 0.25) is 0 Å². The number of rotatable bonds is 4. The smallest absolute Gasteiger partial charge is 0.226 e. The van der Waals surface area contributed by atoms with Gasteiger partial charge in [0.15, 0.2) is 23.3 Å². The fourth-order valence-electron chi connectivity index (χ4n) is 1.71. The van der Waals surface area contributed by atoms with Crippen molar-refractivity contribution in [3.05, 3.63) is 45.7 Å². The minimum atomic E-state index is -1.65. The molecule has 0 saturated heterocycles. The van der Waals surface area contributed by atoms with E-state index < -0.39 is 34.9 Å². The Balaban J connectivity index is 2.06. The quantitative estimate of drug-likeness (QED) is 0.652. The van der Waals surface area contributed by atoms with Crippen molar-refractivity contribution >= 4 is 27.5 Å². The maximum Gasteiger partial charge on any atom is 0.226 e. The number of nitrogens with one attached hydrogen (secondary N) is 1. The summed E-state index contributed by atoms with van der Waals surface area (Å²) in [4.78, 5) is 11.7. The van der Waals surface area contributed by atoms with E-state index in [4.69, 9.17) is 0 Å². The first-order valence-electron chi connectivity index (χ1n) is 6.12. The van der Waals surface area contributed by atoms with E-state index in [2.05, 4.69) is 21.0 Å². The first-order chi connectivity index (χ1) is 10.3. The van der Waals surface area contributed by atoms with Crippen LogP contribution in [0.15, 0.2) is 16.7 Å². The molecule has 0 fully saturated rings. The van der Waals surface area contributed by atoms with Gasteiger partial charge in [0.1, 0.15) is 5.69 Å². The molecule has 2 aromatic rings. The Morgan fingerprint density at radius 3 is 2.36 bits per heavy atom. The van der Waals surface area contributed by atoms with Gasteiger partial charge in [-0.25, -0.2) is 17.6 Å². The number of carbonyl (C=O) groups excluding carboxylic acids is 1. The molecule has 1 aromatic carbocycles. The van der Waals surface area contributed by atoms with E-state index >= 15 is 0 Å². The summed E-state index contributed by atoms with van der Waals surface area (Å²) in [5.41, 5.74) is -0.426. The zero-order valence-corrected chi connectivity index (χ0v) is 12.8. The predicted molar refractivity (Wildman–Crippen MR) is 74.2 cm³/mol. The lowest BCUT2D eigenvalue weighted by Gasteiger charge is -2.09. The van der Waals surface area contributed by atoms with E-state index in [0.29, 0.717) is 5.69 Å². The van der Waals surface area contributed by atoms with Gasteiger partial charge in [-0.1, -0.05) is 0 Å². The molecule has 22 heavy (non-hydrogen) atoms. The van der Waals surface area contributed by atoms with Crippen LogP contribution >= 0.6 is 15.9 Å². The number of carbonyl (C=O) groups is 1. The zero-order valence-electron chi connectivity index (χ0n) is 11.3. The standard InChI is InChI=1S/C13H10BrF4N3O/c1-6-7(14)5-21(20-6)3-2-10(22)19-13-11(17)8(15)4-9(16)12(13)18/h4-5H,2-3H2,1H3,(H,19,22). The van der Waals surface area contributed by atoms with Crippen LogP contribution in [0, 0.1) is 30.2 Å². The Morgan fingerprint density at radius 2 is 1.86 bits per heavy atom. The van der Waals surface area contributed by atoms with Gasteiger partial charge in [-0.3, -0.25) is 9.48 Å². The maximum atomic E-state index is 13.4. The molecular formula is C13H10BrF4N3O. The second kappa shape index (κ2) is 6.47. The normalized spacial score (nSPS) is 10.8. The second-order valence-electron chi connectivity index (χ2n) is 4.47.